The van der Waals surface area contributed by atoms with E-state index in [9.17, 15) is 13.6 Å². The molecule has 0 atom stereocenters. The number of thiophene rings is 1. The summed E-state index contributed by atoms with van der Waals surface area (Å²) < 4.78 is 27.0. The van der Waals surface area contributed by atoms with Crippen LogP contribution in [0.2, 0.25) is 0 Å². The average Bonchev–Trinajstić information content (AvgIpc) is 2.79. The Labute approximate surface area is 118 Å². The van der Waals surface area contributed by atoms with Crippen LogP contribution >= 0.6 is 11.3 Å². The molecule has 2 rings (SSSR count). The van der Waals surface area contributed by atoms with Crippen LogP contribution in [-0.2, 0) is 17.8 Å². The van der Waals surface area contributed by atoms with Crippen molar-refractivity contribution in [2.45, 2.75) is 19.9 Å². The van der Waals surface area contributed by atoms with Gasteiger partial charge in [-0.1, -0.05) is 0 Å². The highest BCUT2D eigenvalue weighted by Gasteiger charge is 2.08. The van der Waals surface area contributed by atoms with Gasteiger partial charge in [-0.15, -0.1) is 11.3 Å². The van der Waals surface area contributed by atoms with Gasteiger partial charge in [0.25, 0.3) is 0 Å². The molecule has 0 aliphatic heterocycles. The molecule has 0 spiro atoms. The molecule has 1 aromatic heterocycles. The summed E-state index contributed by atoms with van der Waals surface area (Å²) >= 11 is 1.33. The lowest BCUT2D eigenvalue weighted by Crippen LogP contribution is -2.01. The second-order valence-electron chi connectivity index (χ2n) is 4.37. The molecule has 1 heterocycles. The van der Waals surface area contributed by atoms with Gasteiger partial charge in [0.15, 0.2) is 0 Å². The first-order valence-electron chi connectivity index (χ1n) is 5.94. The van der Waals surface area contributed by atoms with Crippen molar-refractivity contribution < 1.29 is 18.7 Å². The third-order valence-corrected chi connectivity index (χ3v) is 3.83. The number of carboxylic acids is 1. The Morgan fingerprint density at radius 3 is 2.65 bits per heavy atom. The Bertz CT molecular complexity index is 640. The van der Waals surface area contributed by atoms with Gasteiger partial charge < -0.3 is 10.4 Å². The van der Waals surface area contributed by atoms with Gasteiger partial charge in [0.05, 0.1) is 12.1 Å². The van der Waals surface area contributed by atoms with E-state index in [0.29, 0.717) is 6.54 Å². The molecular formula is C14H13F2NO2S. The maximum absolute atomic E-state index is 13.6. The smallest absolute Gasteiger partial charge is 0.308 e. The molecule has 0 aliphatic rings. The monoisotopic (exact) mass is 297 g/mol. The van der Waals surface area contributed by atoms with Crippen molar-refractivity contribution >= 4 is 23.0 Å². The van der Waals surface area contributed by atoms with Crippen molar-refractivity contribution in [3.8, 4) is 0 Å². The number of rotatable bonds is 5. The highest BCUT2D eigenvalue weighted by atomic mass is 32.1. The minimum absolute atomic E-state index is 0.0296. The fraction of sp³-hybridized carbons (Fsp3) is 0.214. The number of halogens is 2. The maximum Gasteiger partial charge on any atom is 0.308 e. The fourth-order valence-electron chi connectivity index (χ4n) is 1.73. The quantitative estimate of drug-likeness (QED) is 0.887. The lowest BCUT2D eigenvalue weighted by atomic mass is 10.2. The standard InChI is InChI=1S/C14H13F2NO2S/c1-8-4-12(16)13(6-11(8)15)17-7-10-3-2-9(20-10)5-14(18)19/h2-4,6,17H,5,7H2,1H3,(H,18,19). The minimum atomic E-state index is -0.891. The number of benzene rings is 1. The lowest BCUT2D eigenvalue weighted by Gasteiger charge is -2.07. The van der Waals surface area contributed by atoms with E-state index in [4.69, 9.17) is 5.11 Å². The first-order chi connectivity index (χ1) is 9.45. The zero-order valence-corrected chi connectivity index (χ0v) is 11.6. The van der Waals surface area contributed by atoms with E-state index in [1.165, 1.54) is 18.3 Å². The highest BCUT2D eigenvalue weighted by Crippen LogP contribution is 2.22. The number of hydrogen-bond donors (Lipinski definition) is 2. The van der Waals surface area contributed by atoms with Crippen LogP contribution in [0.25, 0.3) is 0 Å². The predicted molar refractivity (Wildman–Crippen MR) is 74.1 cm³/mol. The molecule has 0 saturated carbocycles. The molecule has 1 aromatic carbocycles. The Hall–Kier alpha value is -1.95. The molecule has 0 aliphatic carbocycles. The molecule has 0 unspecified atom stereocenters. The summed E-state index contributed by atoms with van der Waals surface area (Å²) in [6, 6.07) is 5.76. The lowest BCUT2D eigenvalue weighted by molar-refractivity contribution is -0.136. The molecule has 20 heavy (non-hydrogen) atoms. The molecule has 106 valence electrons. The van der Waals surface area contributed by atoms with Crippen molar-refractivity contribution in [3.05, 3.63) is 51.2 Å². The van der Waals surface area contributed by atoms with Crippen LogP contribution < -0.4 is 5.32 Å². The van der Waals surface area contributed by atoms with Gasteiger partial charge in [-0.05, 0) is 30.7 Å². The molecule has 3 nitrogen and oxygen atoms in total. The Balaban J connectivity index is 2.03. The normalized spacial score (nSPS) is 10.6. The Morgan fingerprint density at radius 2 is 1.95 bits per heavy atom. The van der Waals surface area contributed by atoms with Gasteiger partial charge in [0.1, 0.15) is 11.6 Å². The van der Waals surface area contributed by atoms with Crippen LogP contribution in [0, 0.1) is 18.6 Å². The first-order valence-corrected chi connectivity index (χ1v) is 6.76. The van der Waals surface area contributed by atoms with E-state index >= 15 is 0 Å². The number of carboxylic acid groups (broad SMARTS) is 1. The van der Waals surface area contributed by atoms with Crippen molar-refractivity contribution in [1.29, 1.82) is 0 Å². The molecule has 0 saturated heterocycles. The van der Waals surface area contributed by atoms with Crippen LogP contribution in [-0.4, -0.2) is 11.1 Å². The SMILES string of the molecule is Cc1cc(F)c(NCc2ccc(CC(=O)O)s2)cc1F. The molecule has 6 heteroatoms. The van der Waals surface area contributed by atoms with E-state index in [0.717, 1.165) is 21.9 Å². The molecule has 0 amide bonds. The molecule has 2 N–H and O–H groups in total. The van der Waals surface area contributed by atoms with Gasteiger partial charge in [-0.25, -0.2) is 8.78 Å². The fourth-order valence-corrected chi connectivity index (χ4v) is 2.67. The second kappa shape index (κ2) is 6.00. The minimum Gasteiger partial charge on any atom is -0.481 e. The number of carbonyl (C=O) groups is 1. The number of anilines is 1. The summed E-state index contributed by atoms with van der Waals surface area (Å²) in [4.78, 5) is 12.2. The number of aliphatic carboxylic acids is 1. The van der Waals surface area contributed by atoms with Gasteiger partial charge in [-0.2, -0.15) is 0 Å². The summed E-state index contributed by atoms with van der Waals surface area (Å²) in [5.41, 5.74) is 0.356. The summed E-state index contributed by atoms with van der Waals surface area (Å²) in [7, 11) is 0. The van der Waals surface area contributed by atoms with Crippen LogP contribution in [0.5, 0.6) is 0 Å². The van der Waals surface area contributed by atoms with Crippen molar-refractivity contribution in [3.63, 3.8) is 0 Å². The van der Waals surface area contributed by atoms with Crippen LogP contribution in [0.15, 0.2) is 24.3 Å². The Kier molecular flexibility index (Phi) is 4.34. The molecule has 0 fully saturated rings. The van der Waals surface area contributed by atoms with Crippen LogP contribution in [0.1, 0.15) is 15.3 Å². The van der Waals surface area contributed by atoms with E-state index in [1.54, 1.807) is 12.1 Å². The van der Waals surface area contributed by atoms with Crippen molar-refractivity contribution in [2.75, 3.05) is 5.32 Å². The second-order valence-corrected chi connectivity index (χ2v) is 5.63. The van der Waals surface area contributed by atoms with Gasteiger partial charge >= 0.3 is 5.97 Å². The summed E-state index contributed by atoms with van der Waals surface area (Å²) in [6.07, 6.45) is -0.0296. The third-order valence-electron chi connectivity index (χ3n) is 2.74. The number of aryl methyl sites for hydroxylation is 1. The summed E-state index contributed by atoms with van der Waals surface area (Å²) in [5, 5.41) is 11.5. The van der Waals surface area contributed by atoms with E-state index < -0.39 is 17.6 Å². The van der Waals surface area contributed by atoms with Gasteiger partial charge in [0, 0.05) is 22.4 Å². The Morgan fingerprint density at radius 1 is 1.25 bits per heavy atom. The maximum atomic E-state index is 13.6. The first kappa shape index (κ1) is 14.5. The summed E-state index contributed by atoms with van der Waals surface area (Å²) in [6.45, 7) is 1.82. The van der Waals surface area contributed by atoms with Gasteiger partial charge in [-0.3, -0.25) is 4.79 Å². The van der Waals surface area contributed by atoms with Crippen LogP contribution in [0.4, 0.5) is 14.5 Å². The van der Waals surface area contributed by atoms with Crippen LogP contribution in [0.3, 0.4) is 0 Å². The summed E-state index contributed by atoms with van der Waals surface area (Å²) in [5.74, 6) is -1.86. The largest absolute Gasteiger partial charge is 0.481 e. The van der Waals surface area contributed by atoms with E-state index in [2.05, 4.69) is 5.32 Å². The molecule has 0 bridgehead atoms. The third kappa shape index (κ3) is 3.54. The van der Waals surface area contributed by atoms with E-state index in [1.807, 2.05) is 0 Å². The number of hydrogen-bond acceptors (Lipinski definition) is 3. The van der Waals surface area contributed by atoms with Gasteiger partial charge in [0.2, 0.25) is 0 Å². The van der Waals surface area contributed by atoms with E-state index in [-0.39, 0.29) is 17.7 Å². The predicted octanol–water partition coefficient (Wildman–Crippen LogP) is 3.57. The van der Waals surface area contributed by atoms with Crippen molar-refractivity contribution in [2.24, 2.45) is 0 Å². The molecule has 2 aromatic rings. The number of nitrogens with one attached hydrogen (secondary N) is 1. The highest BCUT2D eigenvalue weighted by molar-refractivity contribution is 7.12. The zero-order valence-electron chi connectivity index (χ0n) is 10.7. The van der Waals surface area contributed by atoms with Crippen molar-refractivity contribution in [1.82, 2.24) is 0 Å². The molecule has 0 radical (unpaired) electrons. The topological polar surface area (TPSA) is 49.3 Å². The molecular weight excluding hydrogens is 284 g/mol. The average molecular weight is 297 g/mol. The zero-order chi connectivity index (χ0) is 14.7.